The number of aryl methyl sites for hydroxylation is 1. The van der Waals surface area contributed by atoms with Crippen molar-refractivity contribution in [2.75, 3.05) is 18.5 Å². The Morgan fingerprint density at radius 3 is 2.64 bits per heavy atom. The minimum Gasteiger partial charge on any atom is -0.494 e. The first-order valence-electron chi connectivity index (χ1n) is 9.17. The molecule has 0 aliphatic carbocycles. The molecule has 0 atom stereocenters. The molecule has 0 saturated heterocycles. The summed E-state index contributed by atoms with van der Waals surface area (Å²) < 4.78 is 12.3. The van der Waals surface area contributed by atoms with E-state index < -0.39 is 0 Å². The van der Waals surface area contributed by atoms with E-state index in [0.29, 0.717) is 41.3 Å². The molecule has 0 saturated carbocycles. The number of carbonyl (C=O) groups is 1. The second-order valence-corrected chi connectivity index (χ2v) is 6.27. The number of fused-ring (bicyclic) bond motifs is 1. The molecule has 2 aromatic carbocycles. The van der Waals surface area contributed by atoms with Crippen molar-refractivity contribution in [3.8, 4) is 11.5 Å². The normalized spacial score (nSPS) is 10.7. The first-order valence-corrected chi connectivity index (χ1v) is 9.17. The predicted molar refractivity (Wildman–Crippen MR) is 108 cm³/mol. The Morgan fingerprint density at radius 1 is 1.11 bits per heavy atom. The van der Waals surface area contributed by atoms with E-state index in [1.165, 1.54) is 10.9 Å². The Kier molecular flexibility index (Phi) is 5.93. The van der Waals surface area contributed by atoms with Gasteiger partial charge in [-0.2, -0.15) is 0 Å². The first kappa shape index (κ1) is 19.4. The summed E-state index contributed by atoms with van der Waals surface area (Å²) in [6, 6.07) is 10.7. The average Bonchev–Trinajstić information content (AvgIpc) is 2.67. The van der Waals surface area contributed by atoms with Gasteiger partial charge in [0.2, 0.25) is 5.91 Å². The molecule has 0 fully saturated rings. The molecule has 1 N–H and O–H groups in total. The van der Waals surface area contributed by atoms with Crippen LogP contribution in [-0.4, -0.2) is 28.7 Å². The summed E-state index contributed by atoms with van der Waals surface area (Å²) in [5, 5.41) is 3.29. The van der Waals surface area contributed by atoms with Gasteiger partial charge in [-0.15, -0.1) is 0 Å². The van der Waals surface area contributed by atoms with E-state index in [1.54, 1.807) is 30.3 Å². The van der Waals surface area contributed by atoms with Crippen LogP contribution in [0.3, 0.4) is 0 Å². The highest BCUT2D eigenvalue weighted by Gasteiger charge is 2.12. The predicted octanol–water partition coefficient (Wildman–Crippen LogP) is 3.14. The third-order valence-electron chi connectivity index (χ3n) is 4.13. The molecule has 0 radical (unpaired) electrons. The van der Waals surface area contributed by atoms with Crippen LogP contribution in [0.15, 0.2) is 47.5 Å². The molecule has 3 aromatic rings. The van der Waals surface area contributed by atoms with Crippen LogP contribution in [0.5, 0.6) is 11.5 Å². The second-order valence-electron chi connectivity index (χ2n) is 6.27. The lowest BCUT2D eigenvalue weighted by molar-refractivity contribution is -0.116. The highest BCUT2D eigenvalue weighted by Crippen LogP contribution is 2.29. The molecular weight excluding hydrogens is 358 g/mol. The van der Waals surface area contributed by atoms with Crippen LogP contribution in [0.25, 0.3) is 10.9 Å². The summed E-state index contributed by atoms with van der Waals surface area (Å²) in [5.74, 6) is 0.811. The van der Waals surface area contributed by atoms with Crippen molar-refractivity contribution in [2.24, 2.45) is 0 Å². The van der Waals surface area contributed by atoms with Crippen molar-refractivity contribution in [2.45, 2.75) is 27.3 Å². The van der Waals surface area contributed by atoms with Gasteiger partial charge >= 0.3 is 0 Å². The third-order valence-corrected chi connectivity index (χ3v) is 4.13. The van der Waals surface area contributed by atoms with E-state index in [9.17, 15) is 9.59 Å². The van der Waals surface area contributed by atoms with Crippen molar-refractivity contribution in [3.63, 3.8) is 0 Å². The Labute approximate surface area is 162 Å². The van der Waals surface area contributed by atoms with Crippen LogP contribution >= 0.6 is 0 Å². The lowest BCUT2D eigenvalue weighted by Crippen LogP contribution is -2.28. The Hall–Kier alpha value is -3.35. The van der Waals surface area contributed by atoms with E-state index in [4.69, 9.17) is 9.47 Å². The fourth-order valence-corrected chi connectivity index (χ4v) is 2.87. The summed E-state index contributed by atoms with van der Waals surface area (Å²) in [7, 11) is 0. The molecule has 1 amide bonds. The number of benzene rings is 2. The molecule has 28 heavy (non-hydrogen) atoms. The minimum atomic E-state index is -0.356. The molecule has 146 valence electrons. The van der Waals surface area contributed by atoms with E-state index in [-0.39, 0.29) is 18.0 Å². The maximum Gasteiger partial charge on any atom is 0.261 e. The fraction of sp³-hybridized carbons (Fsp3) is 0.286. The Balaban J connectivity index is 1.84. The van der Waals surface area contributed by atoms with Gasteiger partial charge in [-0.05, 0) is 45.0 Å². The molecule has 0 unspecified atom stereocenters. The Bertz CT molecular complexity index is 1060. The molecule has 0 aliphatic rings. The van der Waals surface area contributed by atoms with Gasteiger partial charge in [0.15, 0.2) is 0 Å². The second kappa shape index (κ2) is 8.56. The number of rotatable bonds is 7. The van der Waals surface area contributed by atoms with E-state index in [2.05, 4.69) is 10.3 Å². The lowest BCUT2D eigenvalue weighted by Gasteiger charge is -2.14. The maximum atomic E-state index is 12.7. The standard InChI is InChI=1S/C21H23N3O4/c1-4-27-15-7-9-19(28-5-2)18(11-15)23-20(25)12-24-13-22-17-8-6-14(3)10-16(17)21(24)26/h6-11,13H,4-5,12H2,1-3H3,(H,23,25). The summed E-state index contributed by atoms with van der Waals surface area (Å²) in [4.78, 5) is 29.5. The zero-order chi connectivity index (χ0) is 20.1. The number of ether oxygens (including phenoxy) is 2. The number of hydrogen-bond donors (Lipinski definition) is 1. The van der Waals surface area contributed by atoms with Crippen LogP contribution in [-0.2, 0) is 11.3 Å². The highest BCUT2D eigenvalue weighted by molar-refractivity contribution is 5.92. The van der Waals surface area contributed by atoms with Crippen molar-refractivity contribution in [1.82, 2.24) is 9.55 Å². The van der Waals surface area contributed by atoms with Crippen LogP contribution < -0.4 is 20.3 Å². The molecule has 0 aliphatic heterocycles. The van der Waals surface area contributed by atoms with E-state index in [0.717, 1.165) is 5.56 Å². The molecule has 0 bridgehead atoms. The van der Waals surface area contributed by atoms with Gasteiger partial charge in [0.1, 0.15) is 18.0 Å². The zero-order valence-electron chi connectivity index (χ0n) is 16.2. The van der Waals surface area contributed by atoms with Gasteiger partial charge in [-0.3, -0.25) is 14.2 Å². The number of nitrogens with one attached hydrogen (secondary N) is 1. The van der Waals surface area contributed by atoms with Gasteiger partial charge in [0, 0.05) is 6.07 Å². The largest absolute Gasteiger partial charge is 0.494 e. The number of aromatic nitrogens is 2. The van der Waals surface area contributed by atoms with Crippen molar-refractivity contribution < 1.29 is 14.3 Å². The van der Waals surface area contributed by atoms with Gasteiger partial charge in [-0.1, -0.05) is 11.6 Å². The average molecular weight is 381 g/mol. The topological polar surface area (TPSA) is 82.4 Å². The number of nitrogens with zero attached hydrogens (tertiary/aromatic N) is 2. The molecule has 7 nitrogen and oxygen atoms in total. The molecule has 0 spiro atoms. The maximum absolute atomic E-state index is 12.7. The number of hydrogen-bond acceptors (Lipinski definition) is 5. The monoisotopic (exact) mass is 381 g/mol. The molecule has 1 heterocycles. The number of carbonyl (C=O) groups excluding carboxylic acids is 1. The SMILES string of the molecule is CCOc1ccc(OCC)c(NC(=O)Cn2cnc3ccc(C)cc3c2=O)c1. The molecule has 7 heteroatoms. The molecule has 3 rings (SSSR count). The summed E-state index contributed by atoms with van der Waals surface area (Å²) in [5.41, 5.74) is 1.81. The zero-order valence-corrected chi connectivity index (χ0v) is 16.2. The summed E-state index contributed by atoms with van der Waals surface area (Å²) >= 11 is 0. The smallest absolute Gasteiger partial charge is 0.261 e. The summed E-state index contributed by atoms with van der Waals surface area (Å²) in [6.07, 6.45) is 1.39. The fourth-order valence-electron chi connectivity index (χ4n) is 2.87. The van der Waals surface area contributed by atoms with Gasteiger partial charge in [-0.25, -0.2) is 4.98 Å². The first-order chi connectivity index (χ1) is 13.5. The van der Waals surface area contributed by atoms with Crippen molar-refractivity contribution in [1.29, 1.82) is 0 Å². The lowest BCUT2D eigenvalue weighted by atomic mass is 10.2. The highest BCUT2D eigenvalue weighted by atomic mass is 16.5. The van der Waals surface area contributed by atoms with Gasteiger partial charge in [0.05, 0.1) is 36.1 Å². The quantitative estimate of drug-likeness (QED) is 0.680. The van der Waals surface area contributed by atoms with Gasteiger partial charge in [0.25, 0.3) is 5.56 Å². The van der Waals surface area contributed by atoms with Crippen LogP contribution in [0.4, 0.5) is 5.69 Å². The number of anilines is 1. The molecular formula is C21H23N3O4. The minimum absolute atomic E-state index is 0.153. The van der Waals surface area contributed by atoms with Crippen LogP contribution in [0.1, 0.15) is 19.4 Å². The van der Waals surface area contributed by atoms with Crippen LogP contribution in [0, 0.1) is 6.92 Å². The Morgan fingerprint density at radius 2 is 1.89 bits per heavy atom. The van der Waals surface area contributed by atoms with E-state index >= 15 is 0 Å². The third kappa shape index (κ3) is 4.31. The van der Waals surface area contributed by atoms with Crippen molar-refractivity contribution >= 4 is 22.5 Å². The van der Waals surface area contributed by atoms with Crippen LogP contribution in [0.2, 0.25) is 0 Å². The molecule has 1 aromatic heterocycles. The summed E-state index contributed by atoms with van der Waals surface area (Å²) in [6.45, 7) is 6.48. The van der Waals surface area contributed by atoms with Crippen molar-refractivity contribution in [3.05, 3.63) is 58.6 Å². The number of amides is 1. The van der Waals surface area contributed by atoms with Gasteiger partial charge < -0.3 is 14.8 Å². The van der Waals surface area contributed by atoms with E-state index in [1.807, 2.05) is 26.8 Å².